The van der Waals surface area contributed by atoms with Crippen LogP contribution in [0.2, 0.25) is 10.0 Å². The molecule has 4 aromatic rings. The molecule has 1 aliphatic heterocycles. The van der Waals surface area contributed by atoms with E-state index in [9.17, 15) is 9.59 Å². The van der Waals surface area contributed by atoms with Crippen LogP contribution in [0.5, 0.6) is 5.75 Å². The summed E-state index contributed by atoms with van der Waals surface area (Å²) in [7, 11) is 0. The number of nitrogens with zero attached hydrogens (tertiary/aromatic N) is 1. The highest BCUT2D eigenvalue weighted by Gasteiger charge is 2.30. The molecule has 0 bridgehead atoms. The number of hydrogen-bond acceptors (Lipinski definition) is 3. The van der Waals surface area contributed by atoms with Gasteiger partial charge in [0.05, 0.1) is 12.2 Å². The average Bonchev–Trinajstić information content (AvgIpc) is 2.92. The van der Waals surface area contributed by atoms with Crippen molar-refractivity contribution in [3.8, 4) is 5.75 Å². The molecule has 1 heterocycles. The molecule has 4 aromatic carbocycles. The van der Waals surface area contributed by atoms with Gasteiger partial charge in [0.1, 0.15) is 0 Å². The Hall–Kier alpha value is -4.06. The topological polar surface area (TPSA) is 58.6 Å². The molecular formula is C30H22Cl2N2O3. The molecular weight excluding hydrogens is 507 g/mol. The van der Waals surface area contributed by atoms with Crippen LogP contribution in [0, 0.1) is 0 Å². The fraction of sp³-hybridized carbons (Fsp3) is 0.0667. The third-order valence-electron chi connectivity index (χ3n) is 5.92. The molecule has 184 valence electrons. The summed E-state index contributed by atoms with van der Waals surface area (Å²) in [6.45, 7) is 0.771. The van der Waals surface area contributed by atoms with Gasteiger partial charge in [0, 0.05) is 22.2 Å². The van der Waals surface area contributed by atoms with E-state index in [2.05, 4.69) is 5.32 Å². The summed E-state index contributed by atoms with van der Waals surface area (Å²) in [5.74, 6) is 0.355. The van der Waals surface area contributed by atoms with Gasteiger partial charge in [-0.3, -0.25) is 14.5 Å². The molecule has 5 rings (SSSR count). The summed E-state index contributed by atoms with van der Waals surface area (Å²) in [6, 6.07) is 29.1. The SMILES string of the molecule is O=C(NCc1ccc(Cl)cc1)c1ccc(C=C2Oc3ccccc3N(Cc3ccc(Cl)cc3)C2=O)cc1. The molecule has 0 atom stereocenters. The number of anilines is 1. The highest BCUT2D eigenvalue weighted by Crippen LogP contribution is 2.36. The molecule has 0 aliphatic carbocycles. The van der Waals surface area contributed by atoms with Crippen molar-refractivity contribution >= 4 is 46.8 Å². The van der Waals surface area contributed by atoms with Crippen LogP contribution in [0.3, 0.4) is 0 Å². The fourth-order valence-corrected chi connectivity index (χ4v) is 4.21. The van der Waals surface area contributed by atoms with Crippen LogP contribution in [-0.4, -0.2) is 11.8 Å². The Morgan fingerprint density at radius 3 is 2.11 bits per heavy atom. The van der Waals surface area contributed by atoms with E-state index >= 15 is 0 Å². The third kappa shape index (κ3) is 5.85. The molecule has 0 spiro atoms. The second-order valence-electron chi connectivity index (χ2n) is 8.53. The molecule has 0 saturated carbocycles. The molecule has 0 fully saturated rings. The number of nitrogens with one attached hydrogen (secondary N) is 1. The number of amides is 2. The summed E-state index contributed by atoms with van der Waals surface area (Å²) >= 11 is 11.9. The highest BCUT2D eigenvalue weighted by molar-refractivity contribution is 6.30. The van der Waals surface area contributed by atoms with Gasteiger partial charge < -0.3 is 10.1 Å². The zero-order valence-electron chi connectivity index (χ0n) is 19.7. The molecule has 37 heavy (non-hydrogen) atoms. The van der Waals surface area contributed by atoms with Crippen LogP contribution in [0.4, 0.5) is 5.69 Å². The van der Waals surface area contributed by atoms with Gasteiger partial charge in [-0.05, 0) is 71.3 Å². The predicted molar refractivity (Wildman–Crippen MR) is 147 cm³/mol. The molecule has 2 amide bonds. The van der Waals surface area contributed by atoms with E-state index in [-0.39, 0.29) is 17.6 Å². The first kappa shape index (κ1) is 24.6. The second-order valence-corrected chi connectivity index (χ2v) is 9.40. The van der Waals surface area contributed by atoms with E-state index in [0.29, 0.717) is 40.1 Å². The Morgan fingerprint density at radius 2 is 1.43 bits per heavy atom. The van der Waals surface area contributed by atoms with Crippen molar-refractivity contribution in [3.63, 3.8) is 0 Å². The van der Waals surface area contributed by atoms with Crippen molar-refractivity contribution in [3.05, 3.63) is 135 Å². The number of para-hydroxylation sites is 2. The summed E-state index contributed by atoms with van der Waals surface area (Å²) in [5.41, 5.74) is 3.86. The van der Waals surface area contributed by atoms with E-state index in [4.69, 9.17) is 27.9 Å². The smallest absolute Gasteiger partial charge is 0.294 e. The number of benzene rings is 4. The minimum absolute atomic E-state index is 0.192. The first-order valence-corrected chi connectivity index (χ1v) is 12.4. The standard InChI is InChI=1S/C30H22Cl2N2O3/c31-24-13-7-21(8-14-24)18-33-29(35)23-11-5-20(6-12-23)17-28-30(36)34(19-22-9-15-25(32)16-10-22)26-3-1-2-4-27(26)37-28/h1-17H,18-19H2,(H,33,35). The molecule has 5 nitrogen and oxygen atoms in total. The van der Waals surface area contributed by atoms with Crippen molar-refractivity contribution in [2.45, 2.75) is 13.1 Å². The number of halogens is 2. The quantitative estimate of drug-likeness (QED) is 0.277. The van der Waals surface area contributed by atoms with E-state index in [0.717, 1.165) is 16.7 Å². The minimum atomic E-state index is -0.251. The number of carbonyl (C=O) groups is 2. The maximum Gasteiger partial charge on any atom is 0.294 e. The lowest BCUT2D eigenvalue weighted by atomic mass is 10.1. The lowest BCUT2D eigenvalue weighted by molar-refractivity contribution is -0.117. The average molecular weight is 529 g/mol. The lowest BCUT2D eigenvalue weighted by Gasteiger charge is -2.30. The summed E-state index contributed by atoms with van der Waals surface area (Å²) in [5, 5.41) is 4.18. The van der Waals surface area contributed by atoms with Crippen LogP contribution < -0.4 is 15.0 Å². The van der Waals surface area contributed by atoms with Crippen molar-refractivity contribution in [1.29, 1.82) is 0 Å². The van der Waals surface area contributed by atoms with Crippen LogP contribution >= 0.6 is 23.2 Å². The normalized spacial score (nSPS) is 13.7. The van der Waals surface area contributed by atoms with Gasteiger partial charge in [-0.1, -0.05) is 71.7 Å². The van der Waals surface area contributed by atoms with Crippen molar-refractivity contribution in [2.24, 2.45) is 0 Å². The Morgan fingerprint density at radius 1 is 0.811 bits per heavy atom. The Bertz CT molecular complexity index is 1460. The molecule has 0 aromatic heterocycles. The predicted octanol–water partition coefficient (Wildman–Crippen LogP) is 6.89. The van der Waals surface area contributed by atoms with Crippen molar-refractivity contribution in [2.75, 3.05) is 4.90 Å². The molecule has 1 aliphatic rings. The monoisotopic (exact) mass is 528 g/mol. The molecule has 7 heteroatoms. The number of ether oxygens (including phenoxy) is 1. The van der Waals surface area contributed by atoms with Crippen molar-refractivity contribution < 1.29 is 14.3 Å². The van der Waals surface area contributed by atoms with Gasteiger partial charge in [0.15, 0.2) is 11.5 Å². The molecule has 1 N–H and O–H groups in total. The third-order valence-corrected chi connectivity index (χ3v) is 6.43. The fourth-order valence-electron chi connectivity index (χ4n) is 3.96. The van der Waals surface area contributed by atoms with Gasteiger partial charge in [0.2, 0.25) is 0 Å². The van der Waals surface area contributed by atoms with Gasteiger partial charge in [0.25, 0.3) is 11.8 Å². The number of carbonyl (C=O) groups excluding carboxylic acids is 2. The zero-order chi connectivity index (χ0) is 25.8. The summed E-state index contributed by atoms with van der Waals surface area (Å²) < 4.78 is 5.97. The first-order chi connectivity index (χ1) is 18.0. The summed E-state index contributed by atoms with van der Waals surface area (Å²) in [4.78, 5) is 27.7. The van der Waals surface area contributed by atoms with E-state index in [1.807, 2.05) is 48.5 Å². The second kappa shape index (κ2) is 10.9. The van der Waals surface area contributed by atoms with E-state index in [1.165, 1.54) is 0 Å². The first-order valence-electron chi connectivity index (χ1n) is 11.6. The zero-order valence-corrected chi connectivity index (χ0v) is 21.2. The molecule has 0 radical (unpaired) electrons. The van der Waals surface area contributed by atoms with Gasteiger partial charge in [-0.15, -0.1) is 0 Å². The van der Waals surface area contributed by atoms with E-state index < -0.39 is 0 Å². The lowest BCUT2D eigenvalue weighted by Crippen LogP contribution is -2.36. The van der Waals surface area contributed by atoms with Crippen LogP contribution in [-0.2, 0) is 17.9 Å². The molecule has 0 saturated heterocycles. The number of fused-ring (bicyclic) bond motifs is 1. The van der Waals surface area contributed by atoms with Gasteiger partial charge in [-0.2, -0.15) is 0 Å². The Kier molecular flexibility index (Phi) is 7.26. The highest BCUT2D eigenvalue weighted by atomic mass is 35.5. The minimum Gasteiger partial charge on any atom is -0.449 e. The van der Waals surface area contributed by atoms with Crippen molar-refractivity contribution in [1.82, 2.24) is 5.32 Å². The Labute approximate surface area is 224 Å². The largest absolute Gasteiger partial charge is 0.449 e. The summed E-state index contributed by atoms with van der Waals surface area (Å²) in [6.07, 6.45) is 1.68. The van der Waals surface area contributed by atoms with Crippen LogP contribution in [0.15, 0.2) is 103 Å². The van der Waals surface area contributed by atoms with Crippen LogP contribution in [0.25, 0.3) is 6.08 Å². The van der Waals surface area contributed by atoms with E-state index in [1.54, 1.807) is 59.5 Å². The molecule has 0 unspecified atom stereocenters. The maximum atomic E-state index is 13.4. The van der Waals surface area contributed by atoms with Gasteiger partial charge >= 0.3 is 0 Å². The Balaban J connectivity index is 1.32. The van der Waals surface area contributed by atoms with Gasteiger partial charge in [-0.25, -0.2) is 0 Å². The number of rotatable bonds is 6. The number of hydrogen-bond donors (Lipinski definition) is 1. The maximum absolute atomic E-state index is 13.4. The van der Waals surface area contributed by atoms with Crippen LogP contribution in [0.1, 0.15) is 27.0 Å².